The fraction of sp³-hybridized carbons (Fsp3) is 0.900. The van der Waals surface area contributed by atoms with Crippen LogP contribution >= 0.6 is 0 Å². The van der Waals surface area contributed by atoms with Crippen LogP contribution in [-0.2, 0) is 18.7 Å². The first-order chi connectivity index (χ1) is 12.7. The summed E-state index contributed by atoms with van der Waals surface area (Å²) in [4.78, 5) is 29.4. The van der Waals surface area contributed by atoms with Gasteiger partial charge in [0.1, 0.15) is 11.2 Å². The number of carbonyl (C=O) groups excluding carboxylic acids is 2. The minimum Gasteiger partial charge on any atom is -0.442 e. The molecule has 0 radical (unpaired) electrons. The van der Waals surface area contributed by atoms with Crippen molar-refractivity contribution >= 4 is 20.6 Å². The van der Waals surface area contributed by atoms with Gasteiger partial charge in [-0.2, -0.15) is 0 Å². The van der Waals surface area contributed by atoms with E-state index in [0.717, 1.165) is 5.06 Å². The van der Waals surface area contributed by atoms with E-state index in [1.807, 2.05) is 0 Å². The van der Waals surface area contributed by atoms with Crippen molar-refractivity contribution in [2.45, 2.75) is 104 Å². The SMILES string of the molecule is CC(C)(C)OC(=O)ON(CCC(O)CO[Si](C)(C)C(C)(C)C)C(=O)OC(C)(C)C. The fourth-order valence-electron chi connectivity index (χ4n) is 1.72. The number of ether oxygens (including phenoxy) is 2. The number of hydroxylamine groups is 2. The molecule has 0 aliphatic rings. The Labute approximate surface area is 176 Å². The Kier molecular flexibility index (Phi) is 9.66. The molecular weight excluding hydrogens is 394 g/mol. The third kappa shape index (κ3) is 12.1. The van der Waals surface area contributed by atoms with E-state index in [-0.39, 0.29) is 24.6 Å². The molecule has 1 amide bonds. The first-order valence-corrected chi connectivity index (χ1v) is 12.9. The van der Waals surface area contributed by atoms with Crippen molar-refractivity contribution in [1.82, 2.24) is 5.06 Å². The molecule has 0 aromatic rings. The molecule has 0 saturated heterocycles. The molecular formula is C20H41NO7Si. The highest BCUT2D eigenvalue weighted by atomic mass is 28.4. The van der Waals surface area contributed by atoms with Gasteiger partial charge in [-0.05, 0) is 66.1 Å². The third-order valence-corrected chi connectivity index (χ3v) is 8.78. The van der Waals surface area contributed by atoms with E-state index in [0.29, 0.717) is 0 Å². The first kappa shape index (κ1) is 27.7. The summed E-state index contributed by atoms with van der Waals surface area (Å²) in [6.07, 6.45) is -2.52. The highest BCUT2D eigenvalue weighted by Crippen LogP contribution is 2.36. The van der Waals surface area contributed by atoms with E-state index >= 15 is 0 Å². The lowest BCUT2D eigenvalue weighted by molar-refractivity contribution is -0.139. The summed E-state index contributed by atoms with van der Waals surface area (Å²) in [5.74, 6) is 0. The van der Waals surface area contributed by atoms with Crippen molar-refractivity contribution in [3.8, 4) is 0 Å². The average Bonchev–Trinajstić information content (AvgIpc) is 2.44. The molecule has 0 rings (SSSR count). The van der Waals surface area contributed by atoms with E-state index in [1.54, 1.807) is 41.5 Å². The van der Waals surface area contributed by atoms with Gasteiger partial charge < -0.3 is 23.8 Å². The van der Waals surface area contributed by atoms with Crippen LogP contribution in [0.3, 0.4) is 0 Å². The first-order valence-electron chi connectivity index (χ1n) is 9.97. The number of carbonyl (C=O) groups is 2. The van der Waals surface area contributed by atoms with Gasteiger partial charge in [0.2, 0.25) is 0 Å². The summed E-state index contributed by atoms with van der Waals surface area (Å²) < 4.78 is 16.4. The van der Waals surface area contributed by atoms with E-state index < -0.39 is 37.9 Å². The summed E-state index contributed by atoms with van der Waals surface area (Å²) >= 11 is 0. The Morgan fingerprint density at radius 2 is 1.41 bits per heavy atom. The van der Waals surface area contributed by atoms with Gasteiger partial charge in [-0.3, -0.25) is 0 Å². The largest absolute Gasteiger partial charge is 0.534 e. The summed E-state index contributed by atoms with van der Waals surface area (Å²) in [5.41, 5.74) is -1.54. The minimum atomic E-state index is -2.00. The summed E-state index contributed by atoms with van der Waals surface area (Å²) in [5, 5.41) is 11.1. The van der Waals surface area contributed by atoms with Crippen LogP contribution in [0.2, 0.25) is 18.1 Å². The second kappa shape index (κ2) is 10.1. The number of rotatable bonds is 6. The van der Waals surface area contributed by atoms with Crippen LogP contribution in [0.25, 0.3) is 0 Å². The number of aliphatic hydroxyl groups is 1. The molecule has 1 N–H and O–H groups in total. The summed E-state index contributed by atoms with van der Waals surface area (Å²) in [6.45, 7) is 20.8. The second-order valence-electron chi connectivity index (χ2n) is 10.7. The molecule has 29 heavy (non-hydrogen) atoms. The number of nitrogens with zero attached hydrogens (tertiary/aromatic N) is 1. The van der Waals surface area contributed by atoms with Crippen molar-refractivity contribution in [3.63, 3.8) is 0 Å². The van der Waals surface area contributed by atoms with Crippen molar-refractivity contribution < 1.29 is 33.4 Å². The molecule has 8 nitrogen and oxygen atoms in total. The van der Waals surface area contributed by atoms with E-state index in [9.17, 15) is 14.7 Å². The normalized spacial score (nSPS) is 14.2. The van der Waals surface area contributed by atoms with Gasteiger partial charge in [0, 0.05) is 0 Å². The zero-order valence-corrected chi connectivity index (χ0v) is 21.0. The molecule has 9 heteroatoms. The number of hydrogen-bond acceptors (Lipinski definition) is 7. The highest BCUT2D eigenvalue weighted by Gasteiger charge is 2.37. The van der Waals surface area contributed by atoms with Crippen molar-refractivity contribution in [2.24, 2.45) is 0 Å². The average molecular weight is 436 g/mol. The predicted octanol–water partition coefficient (Wildman–Crippen LogP) is 4.86. The van der Waals surface area contributed by atoms with Gasteiger partial charge >= 0.3 is 12.2 Å². The third-order valence-electron chi connectivity index (χ3n) is 4.28. The molecule has 0 aromatic carbocycles. The summed E-state index contributed by atoms with van der Waals surface area (Å²) in [6, 6.07) is 0. The number of amides is 1. The Hall–Kier alpha value is -1.32. The van der Waals surface area contributed by atoms with Crippen LogP contribution in [0.1, 0.15) is 68.7 Å². The lowest BCUT2D eigenvalue weighted by Gasteiger charge is -2.36. The number of hydrogen-bond donors (Lipinski definition) is 1. The lowest BCUT2D eigenvalue weighted by Crippen LogP contribution is -2.44. The molecule has 1 atom stereocenters. The Bertz CT molecular complexity index is 545. The van der Waals surface area contributed by atoms with Crippen LogP contribution in [0.15, 0.2) is 0 Å². The van der Waals surface area contributed by atoms with Gasteiger partial charge in [-0.25, -0.2) is 9.59 Å². The van der Waals surface area contributed by atoms with Gasteiger partial charge in [0.25, 0.3) is 0 Å². The zero-order valence-electron chi connectivity index (χ0n) is 20.0. The van der Waals surface area contributed by atoms with Gasteiger partial charge in [0.05, 0.1) is 19.3 Å². The predicted molar refractivity (Wildman–Crippen MR) is 114 cm³/mol. The topological polar surface area (TPSA) is 94.5 Å². The maximum atomic E-state index is 12.4. The Morgan fingerprint density at radius 3 is 1.83 bits per heavy atom. The van der Waals surface area contributed by atoms with Crippen LogP contribution in [0.4, 0.5) is 9.59 Å². The second-order valence-corrected chi connectivity index (χ2v) is 15.5. The van der Waals surface area contributed by atoms with E-state index in [2.05, 4.69) is 33.9 Å². The smallest absolute Gasteiger partial charge is 0.442 e. The lowest BCUT2D eigenvalue weighted by atomic mass is 10.2. The van der Waals surface area contributed by atoms with Gasteiger partial charge in [-0.1, -0.05) is 20.8 Å². The molecule has 172 valence electrons. The molecule has 1 unspecified atom stereocenters. The molecule has 0 fully saturated rings. The zero-order chi connectivity index (χ0) is 23.3. The summed E-state index contributed by atoms with van der Waals surface area (Å²) in [7, 11) is -2.00. The van der Waals surface area contributed by atoms with E-state index in [4.69, 9.17) is 18.7 Å². The van der Waals surface area contributed by atoms with Crippen molar-refractivity contribution in [2.75, 3.05) is 13.2 Å². The van der Waals surface area contributed by atoms with Crippen LogP contribution in [0, 0.1) is 0 Å². The molecule has 0 bridgehead atoms. The van der Waals surface area contributed by atoms with Crippen molar-refractivity contribution in [3.05, 3.63) is 0 Å². The van der Waals surface area contributed by atoms with Crippen LogP contribution in [-0.4, -0.2) is 61.2 Å². The van der Waals surface area contributed by atoms with Crippen LogP contribution in [0.5, 0.6) is 0 Å². The molecule has 0 aromatic heterocycles. The number of aliphatic hydroxyl groups excluding tert-OH is 1. The Balaban J connectivity index is 4.94. The molecule has 0 aliphatic carbocycles. The van der Waals surface area contributed by atoms with E-state index in [1.165, 1.54) is 0 Å². The Morgan fingerprint density at radius 1 is 0.931 bits per heavy atom. The van der Waals surface area contributed by atoms with Gasteiger partial charge in [0.15, 0.2) is 8.32 Å². The maximum absolute atomic E-state index is 12.4. The monoisotopic (exact) mass is 435 g/mol. The molecule has 0 spiro atoms. The van der Waals surface area contributed by atoms with Crippen molar-refractivity contribution in [1.29, 1.82) is 0 Å². The standard InChI is InChI=1S/C20H41NO7Si/c1-18(2,3)26-16(23)21(28-17(24)27-19(4,5)6)13-12-15(22)14-25-29(10,11)20(7,8)9/h15,22H,12-14H2,1-11H3. The molecule has 0 aliphatic heterocycles. The minimum absolute atomic E-state index is 0.0229. The highest BCUT2D eigenvalue weighted by molar-refractivity contribution is 6.74. The fourth-order valence-corrected chi connectivity index (χ4v) is 2.76. The molecule has 0 heterocycles. The van der Waals surface area contributed by atoms with Crippen LogP contribution < -0.4 is 0 Å². The molecule has 0 saturated carbocycles. The quantitative estimate of drug-likeness (QED) is 0.361. The van der Waals surface area contributed by atoms with Gasteiger partial charge in [-0.15, -0.1) is 5.06 Å². The maximum Gasteiger partial charge on any atom is 0.534 e.